The van der Waals surface area contributed by atoms with Crippen LogP contribution in [0.4, 0.5) is 11.4 Å². The van der Waals surface area contributed by atoms with Crippen LogP contribution in [-0.4, -0.2) is 18.3 Å². The highest BCUT2D eigenvalue weighted by molar-refractivity contribution is 7.87. The van der Waals surface area contributed by atoms with Gasteiger partial charge in [0.25, 0.3) is 11.4 Å². The molecule has 0 aliphatic heterocycles. The van der Waals surface area contributed by atoms with Crippen LogP contribution < -0.4 is 4.18 Å². The van der Waals surface area contributed by atoms with Crippen LogP contribution in [0.5, 0.6) is 5.75 Å². The Kier molecular flexibility index (Phi) is 4.27. The quantitative estimate of drug-likeness (QED) is 0.465. The fraction of sp³-hybridized carbons (Fsp3) is 0.0769. The Bertz CT molecular complexity index is 876. The van der Waals surface area contributed by atoms with Gasteiger partial charge in [-0.25, -0.2) is 0 Å². The maximum Gasteiger partial charge on any atom is 0.346 e. The van der Waals surface area contributed by atoms with Gasteiger partial charge in [-0.05, 0) is 30.7 Å². The predicted octanol–water partition coefficient (Wildman–Crippen LogP) is 2.58. The minimum atomic E-state index is -4.45. The molecule has 10 heteroatoms. The molecule has 0 spiro atoms. The lowest BCUT2D eigenvalue weighted by Crippen LogP contribution is -2.12. The third kappa shape index (κ3) is 3.61. The van der Waals surface area contributed by atoms with Gasteiger partial charge in [0.05, 0.1) is 9.85 Å². The van der Waals surface area contributed by atoms with Crippen molar-refractivity contribution in [2.75, 3.05) is 0 Å². The van der Waals surface area contributed by atoms with Crippen molar-refractivity contribution in [2.24, 2.45) is 0 Å². The van der Waals surface area contributed by atoms with Crippen molar-refractivity contribution in [2.45, 2.75) is 11.8 Å². The first-order chi connectivity index (χ1) is 10.7. The number of nitrogens with zero attached hydrogens (tertiary/aromatic N) is 2. The van der Waals surface area contributed by atoms with E-state index in [0.717, 1.165) is 36.4 Å². The van der Waals surface area contributed by atoms with Crippen molar-refractivity contribution in [3.8, 4) is 5.75 Å². The molecule has 0 amide bonds. The molecule has 9 nitrogen and oxygen atoms in total. The fourth-order valence-electron chi connectivity index (χ4n) is 1.78. The summed E-state index contributed by atoms with van der Waals surface area (Å²) in [5.41, 5.74) is -0.325. The molecule has 0 unspecified atom stereocenters. The van der Waals surface area contributed by atoms with Gasteiger partial charge in [0.15, 0.2) is 4.90 Å². The van der Waals surface area contributed by atoms with Crippen molar-refractivity contribution < 1.29 is 22.4 Å². The van der Waals surface area contributed by atoms with Gasteiger partial charge in [-0.3, -0.25) is 20.2 Å². The minimum absolute atomic E-state index is 0.189. The first kappa shape index (κ1) is 16.4. The molecule has 0 aromatic heterocycles. The van der Waals surface area contributed by atoms with E-state index in [1.807, 2.05) is 0 Å². The SMILES string of the molecule is Cc1ccc(S(=O)(=O)Oc2ccc([N+](=O)[O-])cc2)c([N+](=O)[O-])c1. The number of benzene rings is 2. The molecule has 0 N–H and O–H groups in total. The van der Waals surface area contributed by atoms with Crippen LogP contribution in [0.25, 0.3) is 0 Å². The fourth-order valence-corrected chi connectivity index (χ4v) is 2.86. The zero-order valence-corrected chi connectivity index (χ0v) is 12.5. The second-order valence-electron chi connectivity index (χ2n) is 4.52. The number of non-ortho nitro benzene ring substituents is 1. The summed E-state index contributed by atoms with van der Waals surface area (Å²) in [5.74, 6) is -0.189. The Morgan fingerprint density at radius 3 is 2.09 bits per heavy atom. The van der Waals surface area contributed by atoms with Crippen LogP contribution in [0.1, 0.15) is 5.56 Å². The van der Waals surface area contributed by atoms with E-state index < -0.39 is 30.5 Å². The van der Waals surface area contributed by atoms with E-state index in [1.54, 1.807) is 6.92 Å². The van der Waals surface area contributed by atoms with Crippen LogP contribution in [0.2, 0.25) is 0 Å². The van der Waals surface area contributed by atoms with Gasteiger partial charge >= 0.3 is 10.1 Å². The van der Waals surface area contributed by atoms with E-state index in [1.165, 1.54) is 6.07 Å². The van der Waals surface area contributed by atoms with Gasteiger partial charge in [-0.2, -0.15) is 8.42 Å². The van der Waals surface area contributed by atoms with E-state index in [4.69, 9.17) is 4.18 Å². The highest BCUT2D eigenvalue weighted by atomic mass is 32.2. The maximum atomic E-state index is 12.2. The standard InChI is InChI=1S/C13H10N2O7S/c1-9-2-7-13(12(8-9)15(18)19)23(20,21)22-11-5-3-10(4-6-11)14(16)17/h2-8H,1H3. The van der Waals surface area contributed by atoms with E-state index in [0.29, 0.717) is 5.56 Å². The molecule has 0 aliphatic carbocycles. The van der Waals surface area contributed by atoms with Crippen molar-refractivity contribution in [3.63, 3.8) is 0 Å². The Hall–Kier alpha value is -3.01. The van der Waals surface area contributed by atoms with Crippen LogP contribution in [-0.2, 0) is 10.1 Å². The second-order valence-corrected chi connectivity index (χ2v) is 6.03. The van der Waals surface area contributed by atoms with Gasteiger partial charge in [0, 0.05) is 18.2 Å². The van der Waals surface area contributed by atoms with E-state index >= 15 is 0 Å². The Labute approximate surface area is 130 Å². The van der Waals surface area contributed by atoms with Gasteiger partial charge in [0.1, 0.15) is 5.75 Å². The first-order valence-corrected chi connectivity index (χ1v) is 7.55. The van der Waals surface area contributed by atoms with E-state index in [9.17, 15) is 28.6 Å². The third-order valence-electron chi connectivity index (χ3n) is 2.83. The third-order valence-corrected chi connectivity index (χ3v) is 4.13. The molecule has 0 aliphatic rings. The molecule has 0 saturated carbocycles. The van der Waals surface area contributed by atoms with Gasteiger partial charge in [-0.15, -0.1) is 0 Å². The zero-order chi connectivity index (χ0) is 17.2. The average molecular weight is 338 g/mol. The number of hydrogen-bond donors (Lipinski definition) is 0. The zero-order valence-electron chi connectivity index (χ0n) is 11.7. The average Bonchev–Trinajstić information content (AvgIpc) is 2.46. The summed E-state index contributed by atoms with van der Waals surface area (Å²) in [6.45, 7) is 1.58. The highest BCUT2D eigenvalue weighted by Crippen LogP contribution is 2.28. The summed E-state index contributed by atoms with van der Waals surface area (Å²) in [4.78, 5) is 19.5. The van der Waals surface area contributed by atoms with Gasteiger partial charge < -0.3 is 4.18 Å². The Morgan fingerprint density at radius 2 is 1.57 bits per heavy atom. The predicted molar refractivity (Wildman–Crippen MR) is 78.7 cm³/mol. The summed E-state index contributed by atoms with van der Waals surface area (Å²) < 4.78 is 29.2. The molecule has 0 radical (unpaired) electrons. The number of nitro benzene ring substituents is 2. The number of hydrogen-bond acceptors (Lipinski definition) is 7. The molecule has 0 bridgehead atoms. The second kappa shape index (κ2) is 6.01. The summed E-state index contributed by atoms with van der Waals surface area (Å²) >= 11 is 0. The summed E-state index contributed by atoms with van der Waals surface area (Å²) in [7, 11) is -4.45. The molecule has 0 saturated heterocycles. The van der Waals surface area contributed by atoms with Crippen LogP contribution in [0.3, 0.4) is 0 Å². The number of nitro groups is 2. The van der Waals surface area contributed by atoms with Crippen molar-refractivity contribution in [1.82, 2.24) is 0 Å². The Balaban J connectivity index is 2.39. The summed E-state index contributed by atoms with van der Waals surface area (Å²) in [5, 5.41) is 21.5. The molecule has 2 aromatic rings. The van der Waals surface area contributed by atoms with Gasteiger partial charge in [-0.1, -0.05) is 6.07 Å². The molecule has 120 valence electrons. The molecule has 2 aromatic carbocycles. The van der Waals surface area contributed by atoms with Crippen LogP contribution >= 0.6 is 0 Å². The largest absolute Gasteiger partial charge is 0.379 e. The molecule has 0 heterocycles. The molecule has 2 rings (SSSR count). The molecular formula is C13H10N2O7S. The summed E-state index contributed by atoms with van der Waals surface area (Å²) in [6, 6.07) is 7.91. The lowest BCUT2D eigenvalue weighted by molar-refractivity contribution is -0.387. The smallest absolute Gasteiger partial charge is 0.346 e. The lowest BCUT2D eigenvalue weighted by atomic mass is 10.2. The van der Waals surface area contributed by atoms with Crippen molar-refractivity contribution in [3.05, 3.63) is 68.3 Å². The van der Waals surface area contributed by atoms with E-state index in [2.05, 4.69) is 0 Å². The van der Waals surface area contributed by atoms with Crippen molar-refractivity contribution in [1.29, 1.82) is 0 Å². The number of rotatable bonds is 5. The van der Waals surface area contributed by atoms with Crippen molar-refractivity contribution >= 4 is 21.5 Å². The molecule has 0 fully saturated rings. The van der Waals surface area contributed by atoms with Crippen LogP contribution in [0.15, 0.2) is 47.4 Å². The minimum Gasteiger partial charge on any atom is -0.379 e. The normalized spacial score (nSPS) is 11.0. The molecule has 0 atom stereocenters. The Morgan fingerprint density at radius 1 is 0.957 bits per heavy atom. The number of aryl methyl sites for hydroxylation is 1. The molecule has 23 heavy (non-hydrogen) atoms. The highest BCUT2D eigenvalue weighted by Gasteiger charge is 2.27. The lowest BCUT2D eigenvalue weighted by Gasteiger charge is -2.07. The molecular weight excluding hydrogens is 328 g/mol. The monoisotopic (exact) mass is 338 g/mol. The van der Waals surface area contributed by atoms with Gasteiger partial charge in [0.2, 0.25) is 0 Å². The summed E-state index contributed by atoms with van der Waals surface area (Å²) in [6.07, 6.45) is 0. The first-order valence-electron chi connectivity index (χ1n) is 6.15. The topological polar surface area (TPSA) is 130 Å². The maximum absolute atomic E-state index is 12.2. The van der Waals surface area contributed by atoms with Crippen LogP contribution in [0, 0.1) is 27.2 Å². The van der Waals surface area contributed by atoms with E-state index in [-0.39, 0.29) is 11.4 Å².